The zero-order valence-corrected chi connectivity index (χ0v) is 13.4. The van der Waals surface area contributed by atoms with Gasteiger partial charge in [0.2, 0.25) is 0 Å². The van der Waals surface area contributed by atoms with E-state index in [1.807, 2.05) is 24.3 Å². The molecule has 2 aromatic rings. The maximum Gasteiger partial charge on any atom is 0.411 e. The molecule has 106 valence electrons. The maximum absolute atomic E-state index is 11.3. The number of amides is 1. The van der Waals surface area contributed by atoms with Gasteiger partial charge in [0.25, 0.3) is 0 Å². The van der Waals surface area contributed by atoms with Crippen LogP contribution in [0.4, 0.5) is 16.2 Å². The smallest absolute Gasteiger partial charge is 0.411 e. The van der Waals surface area contributed by atoms with Crippen molar-refractivity contribution < 1.29 is 9.53 Å². The highest BCUT2D eigenvalue weighted by Gasteiger charge is 2.02. The molecule has 1 aromatic heterocycles. The molecule has 0 spiro atoms. The van der Waals surface area contributed by atoms with E-state index in [1.54, 1.807) is 18.3 Å². The number of hydrogen-bond donors (Lipinski definition) is 2. The van der Waals surface area contributed by atoms with Crippen molar-refractivity contribution in [2.75, 3.05) is 17.2 Å². The third-order valence-electron chi connectivity index (χ3n) is 2.50. The number of hydrogen-bond acceptors (Lipinski definition) is 4. The molecule has 1 amide bonds. The van der Waals surface area contributed by atoms with Gasteiger partial charge in [-0.25, -0.2) is 4.79 Å². The van der Waals surface area contributed by atoms with Crippen LogP contribution in [0, 0.1) is 0 Å². The van der Waals surface area contributed by atoms with Gasteiger partial charge < -0.3 is 10.1 Å². The second-order valence-corrected chi connectivity index (χ2v) is 5.92. The Kier molecular flexibility index (Phi) is 5.43. The van der Waals surface area contributed by atoms with Crippen LogP contribution < -0.4 is 10.6 Å². The Labute approximate surface area is 130 Å². The molecule has 0 fully saturated rings. The maximum atomic E-state index is 11.3. The lowest BCUT2D eigenvalue weighted by molar-refractivity contribution is 0.168. The van der Waals surface area contributed by atoms with Gasteiger partial charge in [-0.3, -0.25) is 5.32 Å². The van der Waals surface area contributed by atoms with Crippen molar-refractivity contribution in [1.29, 1.82) is 0 Å². The lowest BCUT2D eigenvalue weighted by Gasteiger charge is -2.07. The number of benzene rings is 1. The highest BCUT2D eigenvalue weighted by atomic mass is 79.9. The van der Waals surface area contributed by atoms with E-state index in [2.05, 4.69) is 38.0 Å². The molecule has 6 heteroatoms. The van der Waals surface area contributed by atoms with Crippen molar-refractivity contribution in [2.24, 2.45) is 0 Å². The van der Waals surface area contributed by atoms with Crippen LogP contribution in [0.1, 0.15) is 11.8 Å². The quantitative estimate of drug-likeness (QED) is 0.818. The van der Waals surface area contributed by atoms with E-state index >= 15 is 0 Å². The zero-order chi connectivity index (χ0) is 14.4. The first-order chi connectivity index (χ1) is 9.67. The number of rotatable bonds is 5. The predicted molar refractivity (Wildman–Crippen MR) is 86.4 cm³/mol. The summed E-state index contributed by atoms with van der Waals surface area (Å²) in [6.07, 6.45) is -0.434. The van der Waals surface area contributed by atoms with E-state index in [1.165, 1.54) is 4.88 Å². The molecule has 0 unspecified atom stereocenters. The summed E-state index contributed by atoms with van der Waals surface area (Å²) in [7, 11) is 0. The molecular weight excluding hydrogens is 340 g/mol. The van der Waals surface area contributed by atoms with Crippen LogP contribution >= 0.6 is 27.3 Å². The lowest BCUT2D eigenvalue weighted by atomic mass is 10.3. The van der Waals surface area contributed by atoms with Gasteiger partial charge in [0.1, 0.15) is 0 Å². The van der Waals surface area contributed by atoms with Gasteiger partial charge in [0.15, 0.2) is 0 Å². The molecule has 0 saturated carbocycles. The zero-order valence-electron chi connectivity index (χ0n) is 11.0. The fourth-order valence-electron chi connectivity index (χ4n) is 1.59. The number of thiophene rings is 1. The predicted octanol–water partition coefficient (Wildman–Crippen LogP) is 4.69. The number of nitrogens with one attached hydrogen (secondary N) is 2. The summed E-state index contributed by atoms with van der Waals surface area (Å²) in [4.78, 5) is 12.5. The first-order valence-corrected chi connectivity index (χ1v) is 7.85. The van der Waals surface area contributed by atoms with Gasteiger partial charge in [0.05, 0.1) is 6.61 Å². The molecule has 0 radical (unpaired) electrons. The third kappa shape index (κ3) is 4.54. The van der Waals surface area contributed by atoms with E-state index in [9.17, 15) is 4.79 Å². The summed E-state index contributed by atoms with van der Waals surface area (Å²) in [6, 6.07) is 9.61. The molecule has 0 saturated heterocycles. The summed E-state index contributed by atoms with van der Waals surface area (Å²) >= 11 is 5.14. The van der Waals surface area contributed by atoms with Crippen molar-refractivity contribution in [3.63, 3.8) is 0 Å². The number of halogens is 1. The highest BCUT2D eigenvalue weighted by Crippen LogP contribution is 2.21. The van der Waals surface area contributed by atoms with Crippen LogP contribution in [0.25, 0.3) is 0 Å². The summed E-state index contributed by atoms with van der Waals surface area (Å²) in [6.45, 7) is 2.91. The highest BCUT2D eigenvalue weighted by molar-refractivity contribution is 9.10. The molecule has 0 aliphatic rings. The average Bonchev–Trinajstić information content (AvgIpc) is 2.84. The Morgan fingerprint density at radius 3 is 2.60 bits per heavy atom. The largest absolute Gasteiger partial charge is 0.450 e. The molecule has 0 bridgehead atoms. The minimum absolute atomic E-state index is 0.363. The fraction of sp³-hybridized carbons (Fsp3) is 0.214. The summed E-state index contributed by atoms with van der Waals surface area (Å²) in [5.41, 5.74) is 1.72. The normalized spacial score (nSPS) is 10.1. The minimum atomic E-state index is -0.434. The van der Waals surface area contributed by atoms with Crippen LogP contribution in [0.5, 0.6) is 0 Å². The second-order valence-electron chi connectivity index (χ2n) is 4.01. The average molecular weight is 355 g/mol. The lowest BCUT2D eigenvalue weighted by Crippen LogP contribution is -2.13. The van der Waals surface area contributed by atoms with Gasteiger partial charge >= 0.3 is 6.09 Å². The topological polar surface area (TPSA) is 50.4 Å². The van der Waals surface area contributed by atoms with Crippen LogP contribution in [-0.4, -0.2) is 12.7 Å². The molecule has 20 heavy (non-hydrogen) atoms. The van der Waals surface area contributed by atoms with Crippen LogP contribution in [0.2, 0.25) is 0 Å². The summed E-state index contributed by atoms with van der Waals surface area (Å²) in [5, 5.41) is 8.04. The van der Waals surface area contributed by atoms with Gasteiger partial charge in [-0.05, 0) is 53.2 Å². The Balaban J connectivity index is 1.86. The Morgan fingerprint density at radius 1 is 1.30 bits per heavy atom. The molecule has 1 heterocycles. The number of anilines is 2. The standard InChI is InChI=1S/C14H15BrN2O2S/c1-2-19-14(18)17-12-5-3-11(4-6-12)16-8-13-7-10(15)9-20-13/h3-7,9,16H,2,8H2,1H3,(H,17,18). The van der Waals surface area contributed by atoms with E-state index < -0.39 is 6.09 Å². The van der Waals surface area contributed by atoms with Crippen molar-refractivity contribution in [2.45, 2.75) is 13.5 Å². The van der Waals surface area contributed by atoms with Crippen molar-refractivity contribution in [3.05, 3.63) is 45.1 Å². The van der Waals surface area contributed by atoms with E-state index in [-0.39, 0.29) is 0 Å². The van der Waals surface area contributed by atoms with Crippen molar-refractivity contribution in [1.82, 2.24) is 0 Å². The first-order valence-electron chi connectivity index (χ1n) is 6.18. The molecule has 2 N–H and O–H groups in total. The molecule has 0 aliphatic carbocycles. The Bertz CT molecular complexity index is 569. The van der Waals surface area contributed by atoms with E-state index in [4.69, 9.17) is 4.74 Å². The summed E-state index contributed by atoms with van der Waals surface area (Å²) < 4.78 is 5.92. The fourth-order valence-corrected chi connectivity index (χ4v) is 2.98. The van der Waals surface area contributed by atoms with Crippen molar-refractivity contribution in [3.8, 4) is 0 Å². The number of carbonyl (C=O) groups excluding carboxylic acids is 1. The molecule has 1 aromatic carbocycles. The third-order valence-corrected chi connectivity index (χ3v) is 4.19. The van der Waals surface area contributed by atoms with Gasteiger partial charge in [-0.15, -0.1) is 11.3 Å². The van der Waals surface area contributed by atoms with Gasteiger partial charge in [-0.1, -0.05) is 0 Å². The molecule has 0 aliphatic heterocycles. The minimum Gasteiger partial charge on any atom is -0.450 e. The SMILES string of the molecule is CCOC(=O)Nc1ccc(NCc2cc(Br)cs2)cc1. The molecular formula is C14H15BrN2O2S. The number of ether oxygens (including phenoxy) is 1. The first kappa shape index (κ1) is 14.9. The van der Waals surface area contributed by atoms with E-state index in [0.717, 1.165) is 16.7 Å². The van der Waals surface area contributed by atoms with E-state index in [0.29, 0.717) is 12.3 Å². The molecule has 4 nitrogen and oxygen atoms in total. The van der Waals surface area contributed by atoms with Gasteiger partial charge in [0, 0.05) is 32.6 Å². The van der Waals surface area contributed by atoms with Crippen LogP contribution in [-0.2, 0) is 11.3 Å². The Hall–Kier alpha value is -1.53. The number of carbonyl (C=O) groups is 1. The second kappa shape index (κ2) is 7.31. The Morgan fingerprint density at radius 2 is 2.00 bits per heavy atom. The van der Waals surface area contributed by atoms with Crippen molar-refractivity contribution >= 4 is 44.7 Å². The monoisotopic (exact) mass is 354 g/mol. The molecule has 2 rings (SSSR count). The van der Waals surface area contributed by atoms with Crippen LogP contribution in [0.15, 0.2) is 40.2 Å². The summed E-state index contributed by atoms with van der Waals surface area (Å²) in [5.74, 6) is 0. The molecule has 0 atom stereocenters. The van der Waals surface area contributed by atoms with Gasteiger partial charge in [-0.2, -0.15) is 0 Å². The van der Waals surface area contributed by atoms with Crippen LogP contribution in [0.3, 0.4) is 0 Å².